The molecule has 0 aliphatic heterocycles. The van der Waals surface area contributed by atoms with Crippen molar-refractivity contribution >= 4 is 62.8 Å². The second-order valence-corrected chi connectivity index (χ2v) is 15.6. The molecule has 0 aliphatic carbocycles. The van der Waals surface area contributed by atoms with Crippen molar-refractivity contribution in [3.63, 3.8) is 0 Å². The number of likely N-dealkylation sites (N-methyl/N-ethyl adjacent to an activating group) is 1. The van der Waals surface area contributed by atoms with Gasteiger partial charge in [-0.2, -0.15) is 4.39 Å². The molecule has 0 radical (unpaired) electrons. The van der Waals surface area contributed by atoms with Crippen LogP contribution in [0.3, 0.4) is 0 Å². The Kier molecular flexibility index (Phi) is 13.3. The van der Waals surface area contributed by atoms with Gasteiger partial charge in [0.05, 0.1) is 23.5 Å². The minimum absolute atomic E-state index is 0.0886. The average Bonchev–Trinajstić information content (AvgIpc) is 3.67. The third-order valence-corrected chi connectivity index (χ3v) is 10.3. The summed E-state index contributed by atoms with van der Waals surface area (Å²) in [6, 6.07) is 12.7. The first-order valence-corrected chi connectivity index (χ1v) is 20.0. The molecule has 21 heteroatoms. The van der Waals surface area contributed by atoms with E-state index in [9.17, 15) is 43.7 Å². The van der Waals surface area contributed by atoms with Crippen molar-refractivity contribution in [1.82, 2.24) is 39.1 Å². The Labute approximate surface area is 364 Å². The molecule has 3 aromatic heterocycles. The van der Waals surface area contributed by atoms with Gasteiger partial charge in [-0.15, -0.1) is 10.2 Å². The van der Waals surface area contributed by atoms with Gasteiger partial charge in [-0.1, -0.05) is 13.8 Å². The van der Waals surface area contributed by atoms with Crippen LogP contribution in [0.1, 0.15) is 53.2 Å². The number of esters is 1. The van der Waals surface area contributed by atoms with Gasteiger partial charge < -0.3 is 35.6 Å². The number of nitrogens with one attached hydrogen (secondary N) is 2. The highest BCUT2D eigenvalue weighted by Gasteiger charge is 2.26. The fraction of sp³-hybridized carbons (Fsp3) is 0.268. The zero-order chi connectivity index (χ0) is 45.2. The van der Waals surface area contributed by atoms with Crippen molar-refractivity contribution in [1.29, 1.82) is 0 Å². The van der Waals surface area contributed by atoms with Crippen LogP contribution in [-0.4, -0.2) is 99.7 Å². The van der Waals surface area contributed by atoms with E-state index in [-0.39, 0.29) is 58.1 Å². The summed E-state index contributed by atoms with van der Waals surface area (Å²) in [7, 11) is 2.55. The van der Waals surface area contributed by atoms with Crippen LogP contribution in [0.5, 0.6) is 11.5 Å². The predicted octanol–water partition coefficient (Wildman–Crippen LogP) is 3.93. The standard InChI is InChI=1S/C41H40F2IN9O9/c1-6-45-38(58)37-49-48-35(26-14-25(20(2)3)29(55)15-30(26)56)53(37)23-10-7-21(8-11-23)39(59)50(4)17-31(57)62-18-24(54)16-52-19-46-36-32(40(52)60)34(33(43)41(61)51(36)5)47-28-12-9-22(44)13-27(28)42/h7-15,19-20,24,47,54-56H,6,16-18H2,1-5H3,(H,45,58)/t24-/m1/s1. The van der Waals surface area contributed by atoms with Crippen molar-refractivity contribution in [2.24, 2.45) is 7.05 Å². The van der Waals surface area contributed by atoms with Crippen molar-refractivity contribution in [3.05, 3.63) is 114 Å². The van der Waals surface area contributed by atoms with E-state index in [0.29, 0.717) is 14.8 Å². The van der Waals surface area contributed by atoms with Crippen LogP contribution >= 0.6 is 22.6 Å². The lowest BCUT2D eigenvalue weighted by Gasteiger charge is -2.19. The molecule has 62 heavy (non-hydrogen) atoms. The average molecular weight is 968 g/mol. The zero-order valence-corrected chi connectivity index (χ0v) is 36.0. The lowest BCUT2D eigenvalue weighted by molar-refractivity contribution is -0.147. The predicted molar refractivity (Wildman–Crippen MR) is 230 cm³/mol. The number of anilines is 2. The van der Waals surface area contributed by atoms with Gasteiger partial charge in [0.2, 0.25) is 11.6 Å². The number of aromatic hydroxyl groups is 2. The number of phenols is 2. The molecular weight excluding hydrogens is 927 g/mol. The molecule has 5 N–H and O–H groups in total. The first kappa shape index (κ1) is 44.8. The summed E-state index contributed by atoms with van der Waals surface area (Å²) in [5.74, 6) is -4.75. The number of hydrogen-bond acceptors (Lipinski definition) is 13. The fourth-order valence-electron chi connectivity index (χ4n) is 6.47. The van der Waals surface area contributed by atoms with E-state index in [1.54, 1.807) is 13.0 Å². The van der Waals surface area contributed by atoms with Gasteiger partial charge in [0.15, 0.2) is 11.5 Å². The number of carbonyl (C=O) groups is 3. The maximum Gasteiger partial charge on any atom is 0.325 e. The Morgan fingerprint density at radius 2 is 1.69 bits per heavy atom. The summed E-state index contributed by atoms with van der Waals surface area (Å²) in [6.07, 6.45) is -0.468. The molecule has 3 heterocycles. The molecule has 324 valence electrons. The highest BCUT2D eigenvalue weighted by atomic mass is 127. The third kappa shape index (κ3) is 9.12. The Hall–Kier alpha value is -6.75. The highest BCUT2D eigenvalue weighted by Crippen LogP contribution is 2.38. The van der Waals surface area contributed by atoms with Gasteiger partial charge in [-0.05, 0) is 89.5 Å². The molecular formula is C41H40F2IN9O9. The number of aromatic nitrogens is 6. The van der Waals surface area contributed by atoms with E-state index in [0.717, 1.165) is 20.4 Å². The second kappa shape index (κ2) is 18.5. The van der Waals surface area contributed by atoms with Crippen LogP contribution in [0.15, 0.2) is 70.5 Å². The fourth-order valence-corrected chi connectivity index (χ4v) is 6.92. The van der Waals surface area contributed by atoms with E-state index >= 15 is 4.39 Å². The Balaban J connectivity index is 1.14. The number of aliphatic hydroxyl groups is 1. The van der Waals surface area contributed by atoms with Gasteiger partial charge in [-0.3, -0.25) is 37.7 Å². The zero-order valence-electron chi connectivity index (χ0n) is 33.8. The van der Waals surface area contributed by atoms with Crippen molar-refractivity contribution in [2.75, 3.05) is 32.1 Å². The van der Waals surface area contributed by atoms with E-state index in [1.165, 1.54) is 67.2 Å². The van der Waals surface area contributed by atoms with Crippen LogP contribution in [-0.2, 0) is 23.1 Å². The van der Waals surface area contributed by atoms with Crippen LogP contribution < -0.4 is 21.8 Å². The molecule has 0 spiro atoms. The summed E-state index contributed by atoms with van der Waals surface area (Å²) in [4.78, 5) is 70.6. The van der Waals surface area contributed by atoms with E-state index < -0.39 is 77.4 Å². The van der Waals surface area contributed by atoms with E-state index in [1.807, 2.05) is 36.4 Å². The summed E-state index contributed by atoms with van der Waals surface area (Å²) < 4.78 is 38.9. The molecule has 0 aliphatic rings. The van der Waals surface area contributed by atoms with Crippen LogP contribution in [0.2, 0.25) is 0 Å². The van der Waals surface area contributed by atoms with Crippen molar-refractivity contribution in [3.8, 4) is 28.6 Å². The van der Waals surface area contributed by atoms with E-state index in [2.05, 4.69) is 25.8 Å². The number of ether oxygens (including phenoxy) is 1. The summed E-state index contributed by atoms with van der Waals surface area (Å²) in [5.41, 5.74) is -1.83. The topological polar surface area (TPSA) is 236 Å². The Bertz CT molecular complexity index is 2850. The van der Waals surface area contributed by atoms with Crippen LogP contribution in [0.25, 0.3) is 28.1 Å². The number of fused-ring (bicyclic) bond motifs is 1. The number of amides is 2. The molecule has 1 atom stereocenters. The molecule has 0 saturated carbocycles. The minimum Gasteiger partial charge on any atom is -0.508 e. The van der Waals surface area contributed by atoms with Gasteiger partial charge in [0, 0.05) is 41.5 Å². The van der Waals surface area contributed by atoms with Crippen molar-refractivity contribution < 1.29 is 43.2 Å². The normalized spacial score (nSPS) is 11.8. The molecule has 3 aromatic carbocycles. The maximum absolute atomic E-state index is 15.3. The number of hydrogen-bond donors (Lipinski definition) is 5. The first-order valence-electron chi connectivity index (χ1n) is 18.9. The number of phenolic OH excluding ortho intramolecular Hbond substituents is 2. The van der Waals surface area contributed by atoms with Gasteiger partial charge in [0.1, 0.15) is 48.3 Å². The second-order valence-electron chi connectivity index (χ2n) is 14.4. The number of halogens is 3. The van der Waals surface area contributed by atoms with Gasteiger partial charge >= 0.3 is 5.97 Å². The number of pyridine rings is 1. The molecule has 6 aromatic rings. The monoisotopic (exact) mass is 967 g/mol. The number of rotatable bonds is 14. The molecule has 2 amide bonds. The Morgan fingerprint density at radius 1 is 0.984 bits per heavy atom. The SMILES string of the molecule is CCNC(=O)c1nnc(-c2cc(C(C)C)c(O)cc2O)n1-c1ccc(C(=O)N(C)CC(=O)OC[C@H](O)Cn2cnc3c(c(Nc4ccc(I)cc4F)c(F)c(=O)n3C)c2=O)cc1. The minimum atomic E-state index is -1.49. The van der Waals surface area contributed by atoms with Gasteiger partial charge in [-0.25, -0.2) is 9.37 Å². The molecule has 18 nitrogen and oxygen atoms in total. The van der Waals surface area contributed by atoms with E-state index in [4.69, 9.17) is 4.74 Å². The molecule has 0 fully saturated rings. The number of nitrogens with zero attached hydrogens (tertiary/aromatic N) is 7. The first-order chi connectivity index (χ1) is 29.4. The lowest BCUT2D eigenvalue weighted by Crippen LogP contribution is -2.35. The lowest BCUT2D eigenvalue weighted by atomic mass is 9.98. The summed E-state index contributed by atoms with van der Waals surface area (Å²) in [6.45, 7) is 4.08. The maximum atomic E-state index is 15.3. The number of carbonyl (C=O) groups excluding carboxylic acids is 3. The molecule has 0 saturated heterocycles. The summed E-state index contributed by atoms with van der Waals surface area (Å²) >= 11 is 1.88. The smallest absolute Gasteiger partial charge is 0.325 e. The van der Waals surface area contributed by atoms with Crippen molar-refractivity contribution in [2.45, 2.75) is 39.3 Å². The highest BCUT2D eigenvalue weighted by molar-refractivity contribution is 14.1. The molecule has 0 bridgehead atoms. The van der Waals surface area contributed by atoms with Gasteiger partial charge in [0.25, 0.3) is 22.9 Å². The number of aliphatic hydroxyl groups excluding tert-OH is 1. The largest absolute Gasteiger partial charge is 0.508 e. The van der Waals surface area contributed by atoms with Crippen LogP contribution in [0, 0.1) is 15.2 Å². The number of aryl methyl sites for hydroxylation is 1. The molecule has 0 unspecified atom stereocenters. The van der Waals surface area contributed by atoms with Crippen LogP contribution in [0.4, 0.5) is 20.2 Å². The Morgan fingerprint density at radius 3 is 2.35 bits per heavy atom. The number of benzene rings is 3. The molecule has 6 rings (SSSR count). The third-order valence-electron chi connectivity index (χ3n) is 9.63. The summed E-state index contributed by atoms with van der Waals surface area (Å²) in [5, 5.41) is 45.0. The quantitative estimate of drug-likeness (QED) is 0.0770.